The summed E-state index contributed by atoms with van der Waals surface area (Å²) in [5, 5.41) is 3.58. The van der Waals surface area contributed by atoms with E-state index < -0.39 is 5.97 Å². The van der Waals surface area contributed by atoms with Gasteiger partial charge >= 0.3 is 5.97 Å². The average Bonchev–Trinajstić information content (AvgIpc) is 2.51. The summed E-state index contributed by atoms with van der Waals surface area (Å²) < 4.78 is 4.68. The molecule has 0 aliphatic carbocycles. The fourth-order valence-electron chi connectivity index (χ4n) is 2.17. The Kier molecular flexibility index (Phi) is 5.64. The van der Waals surface area contributed by atoms with Gasteiger partial charge in [-0.05, 0) is 42.3 Å². The van der Waals surface area contributed by atoms with E-state index in [1.807, 2.05) is 12.1 Å². The van der Waals surface area contributed by atoms with Crippen molar-refractivity contribution in [2.24, 2.45) is 0 Å². The van der Waals surface area contributed by atoms with Gasteiger partial charge in [0, 0.05) is 17.1 Å². The highest BCUT2D eigenvalue weighted by atomic mass is 35.5. The summed E-state index contributed by atoms with van der Waals surface area (Å²) >= 11 is 12.0. The summed E-state index contributed by atoms with van der Waals surface area (Å²) in [5.41, 5.74) is 2.11. The number of halogens is 2. The lowest BCUT2D eigenvalue weighted by Gasteiger charge is -2.10. The van der Waals surface area contributed by atoms with Gasteiger partial charge < -0.3 is 10.1 Å². The Hall–Kier alpha value is -2.04. The predicted octanol–water partition coefficient (Wildman–Crippen LogP) is 4.02. The molecule has 1 N–H and O–H groups in total. The number of aryl methyl sites for hydroxylation is 1. The summed E-state index contributed by atoms with van der Waals surface area (Å²) in [6.45, 7) is 2.04. The molecule has 0 fully saturated rings. The van der Waals surface area contributed by atoms with Crippen LogP contribution in [0.15, 0.2) is 36.4 Å². The maximum atomic E-state index is 12.2. The lowest BCUT2D eigenvalue weighted by atomic mass is 10.0. The van der Waals surface area contributed by atoms with Crippen LogP contribution in [0.2, 0.25) is 10.0 Å². The quantitative estimate of drug-likeness (QED) is 0.846. The topological polar surface area (TPSA) is 55.4 Å². The maximum absolute atomic E-state index is 12.2. The number of methoxy groups -OCH3 is 1. The Morgan fingerprint density at radius 2 is 1.91 bits per heavy atom. The molecule has 0 bridgehead atoms. The smallest absolute Gasteiger partial charge is 0.339 e. The molecular formula is C17H15Cl2NO3. The highest BCUT2D eigenvalue weighted by Gasteiger charge is 2.17. The lowest BCUT2D eigenvalue weighted by Crippen LogP contribution is -2.23. The number of benzene rings is 2. The van der Waals surface area contributed by atoms with E-state index in [9.17, 15) is 9.59 Å². The van der Waals surface area contributed by atoms with Crippen molar-refractivity contribution in [2.75, 3.05) is 7.11 Å². The third-order valence-corrected chi connectivity index (χ3v) is 3.81. The fourth-order valence-corrected chi connectivity index (χ4v) is 2.72. The zero-order valence-corrected chi connectivity index (χ0v) is 14.2. The number of amides is 1. The van der Waals surface area contributed by atoms with Crippen molar-refractivity contribution in [3.63, 3.8) is 0 Å². The lowest BCUT2D eigenvalue weighted by molar-refractivity contribution is 0.0599. The molecule has 0 aliphatic heterocycles. The Labute approximate surface area is 144 Å². The first kappa shape index (κ1) is 17.3. The highest BCUT2D eigenvalue weighted by molar-refractivity contribution is 6.34. The van der Waals surface area contributed by atoms with Gasteiger partial charge in [-0.15, -0.1) is 0 Å². The molecule has 0 atom stereocenters. The third kappa shape index (κ3) is 4.24. The summed E-state index contributed by atoms with van der Waals surface area (Å²) in [6, 6.07) is 10.3. The normalized spacial score (nSPS) is 10.3. The van der Waals surface area contributed by atoms with Crippen molar-refractivity contribution >= 4 is 35.1 Å². The minimum absolute atomic E-state index is 0.185. The van der Waals surface area contributed by atoms with Crippen LogP contribution in [0.1, 0.15) is 31.8 Å². The van der Waals surface area contributed by atoms with Crippen LogP contribution in [0.4, 0.5) is 0 Å². The van der Waals surface area contributed by atoms with Gasteiger partial charge in [0.05, 0.1) is 17.7 Å². The standard InChI is InChI=1S/C17H15Cl2NO3/c1-10-6-12(8-14(19)15(10)17(22)23-2)16(21)20-9-11-4-3-5-13(18)7-11/h3-8H,9H2,1-2H3,(H,20,21). The molecule has 0 saturated heterocycles. The molecule has 0 heterocycles. The van der Waals surface area contributed by atoms with Crippen molar-refractivity contribution in [1.82, 2.24) is 5.32 Å². The van der Waals surface area contributed by atoms with E-state index >= 15 is 0 Å². The molecule has 2 aromatic carbocycles. The molecule has 0 saturated carbocycles. The van der Waals surface area contributed by atoms with Gasteiger partial charge in [0.15, 0.2) is 0 Å². The van der Waals surface area contributed by atoms with Crippen molar-refractivity contribution in [3.05, 3.63) is 68.7 Å². The predicted molar refractivity (Wildman–Crippen MR) is 90.2 cm³/mol. The second-order valence-electron chi connectivity index (χ2n) is 4.95. The van der Waals surface area contributed by atoms with Gasteiger partial charge in [-0.1, -0.05) is 35.3 Å². The van der Waals surface area contributed by atoms with Crippen molar-refractivity contribution in [1.29, 1.82) is 0 Å². The number of hydrogen-bond acceptors (Lipinski definition) is 3. The number of nitrogens with one attached hydrogen (secondary N) is 1. The average molecular weight is 352 g/mol. The molecule has 6 heteroatoms. The number of hydrogen-bond donors (Lipinski definition) is 1. The summed E-state index contributed by atoms with van der Waals surface area (Å²) in [5.74, 6) is -0.815. The molecule has 2 aromatic rings. The molecule has 0 radical (unpaired) electrons. The minimum atomic E-state index is -0.529. The zero-order chi connectivity index (χ0) is 17.0. The first-order chi connectivity index (χ1) is 10.9. The number of carbonyl (C=O) groups is 2. The Morgan fingerprint density at radius 1 is 1.17 bits per heavy atom. The fraction of sp³-hybridized carbons (Fsp3) is 0.176. The molecule has 0 spiro atoms. The molecule has 0 aromatic heterocycles. The second kappa shape index (κ2) is 7.49. The van der Waals surface area contributed by atoms with E-state index in [0.29, 0.717) is 22.7 Å². The second-order valence-corrected chi connectivity index (χ2v) is 5.80. The van der Waals surface area contributed by atoms with Crippen molar-refractivity contribution < 1.29 is 14.3 Å². The van der Waals surface area contributed by atoms with E-state index in [1.165, 1.54) is 13.2 Å². The summed E-state index contributed by atoms with van der Waals surface area (Å²) in [6.07, 6.45) is 0. The monoisotopic (exact) mass is 351 g/mol. The molecule has 0 aliphatic rings. The van der Waals surface area contributed by atoms with Gasteiger partial charge in [-0.2, -0.15) is 0 Å². The number of ether oxygens (including phenoxy) is 1. The van der Waals surface area contributed by atoms with Gasteiger partial charge in [0.2, 0.25) is 0 Å². The summed E-state index contributed by atoms with van der Waals surface area (Å²) in [4.78, 5) is 23.9. The third-order valence-electron chi connectivity index (χ3n) is 3.28. The Balaban J connectivity index is 2.15. The van der Waals surface area contributed by atoms with Crippen LogP contribution in [0.5, 0.6) is 0 Å². The van der Waals surface area contributed by atoms with Gasteiger partial charge in [-0.3, -0.25) is 4.79 Å². The van der Waals surface area contributed by atoms with Crippen molar-refractivity contribution in [2.45, 2.75) is 13.5 Å². The van der Waals surface area contributed by atoms with E-state index in [1.54, 1.807) is 25.1 Å². The number of esters is 1. The first-order valence-corrected chi connectivity index (χ1v) is 7.59. The van der Waals surface area contributed by atoms with E-state index in [2.05, 4.69) is 10.1 Å². The van der Waals surface area contributed by atoms with Gasteiger partial charge in [-0.25, -0.2) is 4.79 Å². The van der Waals surface area contributed by atoms with Crippen LogP contribution in [0, 0.1) is 6.92 Å². The van der Waals surface area contributed by atoms with E-state index in [-0.39, 0.29) is 16.5 Å². The van der Waals surface area contributed by atoms with Crippen LogP contribution in [0.3, 0.4) is 0 Å². The maximum Gasteiger partial charge on any atom is 0.339 e. The van der Waals surface area contributed by atoms with Gasteiger partial charge in [0.25, 0.3) is 5.91 Å². The van der Waals surface area contributed by atoms with Crippen LogP contribution >= 0.6 is 23.2 Å². The van der Waals surface area contributed by atoms with E-state index in [0.717, 1.165) is 5.56 Å². The molecule has 0 unspecified atom stereocenters. The summed E-state index contributed by atoms with van der Waals surface area (Å²) in [7, 11) is 1.28. The van der Waals surface area contributed by atoms with Crippen LogP contribution < -0.4 is 5.32 Å². The molecule has 1 amide bonds. The van der Waals surface area contributed by atoms with Crippen LogP contribution in [-0.4, -0.2) is 19.0 Å². The van der Waals surface area contributed by atoms with Crippen LogP contribution in [0.25, 0.3) is 0 Å². The minimum Gasteiger partial charge on any atom is -0.465 e. The number of carbonyl (C=O) groups excluding carboxylic acids is 2. The number of rotatable bonds is 4. The highest BCUT2D eigenvalue weighted by Crippen LogP contribution is 2.23. The largest absolute Gasteiger partial charge is 0.465 e. The Bertz CT molecular complexity index is 736. The Morgan fingerprint density at radius 3 is 2.52 bits per heavy atom. The van der Waals surface area contributed by atoms with Gasteiger partial charge in [0.1, 0.15) is 0 Å². The molecular weight excluding hydrogens is 337 g/mol. The molecule has 23 heavy (non-hydrogen) atoms. The zero-order valence-electron chi connectivity index (χ0n) is 12.7. The SMILES string of the molecule is COC(=O)c1c(C)cc(C(=O)NCc2cccc(Cl)c2)cc1Cl. The molecule has 2 rings (SSSR count). The van der Waals surface area contributed by atoms with E-state index in [4.69, 9.17) is 23.2 Å². The van der Waals surface area contributed by atoms with Crippen molar-refractivity contribution in [3.8, 4) is 0 Å². The molecule has 4 nitrogen and oxygen atoms in total. The van der Waals surface area contributed by atoms with Crippen LogP contribution in [-0.2, 0) is 11.3 Å². The molecule has 120 valence electrons. The first-order valence-electron chi connectivity index (χ1n) is 6.83.